The third-order valence-corrected chi connectivity index (χ3v) is 5.34. The number of thioether (sulfide) groups is 1. The molecule has 0 atom stereocenters. The van der Waals surface area contributed by atoms with Crippen LogP contribution in [0.2, 0.25) is 0 Å². The lowest BCUT2D eigenvalue weighted by atomic mass is 9.95. The average molecular weight is 303 g/mol. The molecule has 1 aliphatic carbocycles. The lowest BCUT2D eigenvalue weighted by molar-refractivity contribution is 0.377. The second-order valence-electron chi connectivity index (χ2n) is 5.60. The van der Waals surface area contributed by atoms with Crippen molar-refractivity contribution in [3.05, 3.63) is 46.5 Å². The number of aromatic nitrogens is 2. The Bertz CT molecular complexity index is 662. The summed E-state index contributed by atoms with van der Waals surface area (Å²) < 4.78 is 1.58. The van der Waals surface area contributed by atoms with Gasteiger partial charge >= 0.3 is 0 Å². The van der Waals surface area contributed by atoms with Crippen LogP contribution < -0.4 is 10.9 Å². The first-order chi connectivity index (χ1) is 10.3. The summed E-state index contributed by atoms with van der Waals surface area (Å²) in [4.78, 5) is 16.6. The molecule has 2 heterocycles. The van der Waals surface area contributed by atoms with E-state index in [0.29, 0.717) is 18.2 Å². The highest BCUT2D eigenvalue weighted by Gasteiger charge is 2.19. The monoisotopic (exact) mass is 303 g/mol. The van der Waals surface area contributed by atoms with Gasteiger partial charge in [0.25, 0.3) is 5.56 Å². The molecule has 0 unspecified atom stereocenters. The molecule has 112 valence electrons. The van der Waals surface area contributed by atoms with Crippen LogP contribution in [0.25, 0.3) is 5.65 Å². The van der Waals surface area contributed by atoms with Gasteiger partial charge in [0.15, 0.2) is 0 Å². The van der Waals surface area contributed by atoms with Crippen LogP contribution in [-0.4, -0.2) is 26.9 Å². The Morgan fingerprint density at radius 1 is 1.33 bits per heavy atom. The molecule has 3 rings (SSSR count). The van der Waals surface area contributed by atoms with Gasteiger partial charge in [-0.15, -0.1) is 0 Å². The van der Waals surface area contributed by atoms with E-state index in [2.05, 4.69) is 16.6 Å². The third-order valence-electron chi connectivity index (χ3n) is 4.20. The number of hydrogen-bond donors (Lipinski definition) is 1. The second kappa shape index (κ2) is 6.62. The predicted octanol–water partition coefficient (Wildman–Crippen LogP) is 2.46. The van der Waals surface area contributed by atoms with Crippen molar-refractivity contribution in [1.82, 2.24) is 14.7 Å². The van der Waals surface area contributed by atoms with E-state index in [0.717, 1.165) is 10.9 Å². The van der Waals surface area contributed by atoms with Crippen molar-refractivity contribution in [2.24, 2.45) is 0 Å². The minimum absolute atomic E-state index is 0.0107. The van der Waals surface area contributed by atoms with Crippen LogP contribution >= 0.6 is 11.8 Å². The number of rotatable bonds is 4. The third kappa shape index (κ3) is 3.47. The summed E-state index contributed by atoms with van der Waals surface area (Å²) in [6.45, 7) is 0.676. The van der Waals surface area contributed by atoms with Crippen molar-refractivity contribution in [1.29, 1.82) is 0 Å². The SMILES string of the molecule is CSC1CCC(NCc2cc(=O)n3ccccc3n2)CC1. The second-order valence-corrected chi connectivity index (χ2v) is 6.74. The maximum absolute atomic E-state index is 12.0. The lowest BCUT2D eigenvalue weighted by Gasteiger charge is -2.28. The molecule has 0 radical (unpaired) electrons. The molecular formula is C16H21N3OS. The molecule has 1 saturated carbocycles. The van der Waals surface area contributed by atoms with Gasteiger partial charge in [0.1, 0.15) is 5.65 Å². The van der Waals surface area contributed by atoms with Gasteiger partial charge in [-0.3, -0.25) is 9.20 Å². The van der Waals surface area contributed by atoms with Crippen molar-refractivity contribution in [3.63, 3.8) is 0 Å². The van der Waals surface area contributed by atoms with Crippen molar-refractivity contribution in [2.45, 2.75) is 43.5 Å². The van der Waals surface area contributed by atoms with Crippen LogP contribution in [-0.2, 0) is 6.54 Å². The van der Waals surface area contributed by atoms with Crippen LogP contribution in [0.5, 0.6) is 0 Å². The molecule has 0 aliphatic heterocycles. The van der Waals surface area contributed by atoms with Gasteiger partial charge in [0.2, 0.25) is 0 Å². The fraction of sp³-hybridized carbons (Fsp3) is 0.500. The molecule has 0 aromatic carbocycles. The van der Waals surface area contributed by atoms with E-state index in [1.807, 2.05) is 30.0 Å². The Morgan fingerprint density at radius 3 is 2.90 bits per heavy atom. The zero-order chi connectivity index (χ0) is 14.7. The maximum atomic E-state index is 12.0. The molecular weight excluding hydrogens is 282 g/mol. The zero-order valence-electron chi connectivity index (χ0n) is 12.3. The highest BCUT2D eigenvalue weighted by molar-refractivity contribution is 7.99. The van der Waals surface area contributed by atoms with E-state index >= 15 is 0 Å². The molecule has 21 heavy (non-hydrogen) atoms. The van der Waals surface area contributed by atoms with E-state index < -0.39 is 0 Å². The standard InChI is InChI=1S/C16H21N3OS/c1-21-14-7-5-12(6-8-14)17-11-13-10-16(20)19-9-3-2-4-15(19)18-13/h2-4,9-10,12,14,17H,5-8,11H2,1H3. The first kappa shape index (κ1) is 14.6. The Labute approximate surface area is 129 Å². The topological polar surface area (TPSA) is 46.4 Å². The summed E-state index contributed by atoms with van der Waals surface area (Å²) >= 11 is 1.98. The van der Waals surface area contributed by atoms with Gasteiger partial charge in [-0.2, -0.15) is 11.8 Å². The van der Waals surface area contributed by atoms with Crippen molar-refractivity contribution in [3.8, 4) is 0 Å². The van der Waals surface area contributed by atoms with Crippen molar-refractivity contribution < 1.29 is 0 Å². The molecule has 1 fully saturated rings. The maximum Gasteiger partial charge on any atom is 0.258 e. The van der Waals surface area contributed by atoms with Gasteiger partial charge in [0.05, 0.1) is 5.69 Å². The van der Waals surface area contributed by atoms with Gasteiger partial charge in [-0.05, 0) is 44.1 Å². The minimum Gasteiger partial charge on any atom is -0.308 e. The van der Waals surface area contributed by atoms with Gasteiger partial charge < -0.3 is 5.32 Å². The molecule has 0 saturated heterocycles. The zero-order valence-corrected chi connectivity index (χ0v) is 13.1. The van der Waals surface area contributed by atoms with E-state index in [1.165, 1.54) is 25.7 Å². The fourth-order valence-corrected chi connectivity index (χ4v) is 3.69. The van der Waals surface area contributed by atoms with Gasteiger partial charge in [-0.25, -0.2) is 4.98 Å². The summed E-state index contributed by atoms with van der Waals surface area (Å²) in [6, 6.07) is 7.81. The first-order valence-corrected chi connectivity index (χ1v) is 8.78. The molecule has 2 aromatic heterocycles. The van der Waals surface area contributed by atoms with Crippen molar-refractivity contribution >= 4 is 17.4 Å². The Balaban J connectivity index is 1.65. The first-order valence-electron chi connectivity index (χ1n) is 7.50. The quantitative estimate of drug-likeness (QED) is 0.942. The Kier molecular flexibility index (Phi) is 4.60. The number of nitrogens with one attached hydrogen (secondary N) is 1. The van der Waals surface area contributed by atoms with E-state index in [9.17, 15) is 4.79 Å². The van der Waals surface area contributed by atoms with Crippen molar-refractivity contribution in [2.75, 3.05) is 6.26 Å². The smallest absolute Gasteiger partial charge is 0.258 e. The van der Waals surface area contributed by atoms with E-state index in [4.69, 9.17) is 0 Å². The van der Waals surface area contributed by atoms with Gasteiger partial charge in [-0.1, -0.05) is 6.07 Å². The fourth-order valence-electron chi connectivity index (χ4n) is 2.95. The summed E-state index contributed by atoms with van der Waals surface area (Å²) in [5.74, 6) is 0. The lowest BCUT2D eigenvalue weighted by Crippen LogP contribution is -2.34. The average Bonchev–Trinajstić information content (AvgIpc) is 2.53. The highest BCUT2D eigenvalue weighted by Crippen LogP contribution is 2.26. The van der Waals surface area contributed by atoms with Crippen LogP contribution in [0.4, 0.5) is 0 Å². The van der Waals surface area contributed by atoms with Crippen LogP contribution in [0.15, 0.2) is 35.3 Å². The molecule has 5 heteroatoms. The number of fused-ring (bicyclic) bond motifs is 1. The Hall–Kier alpha value is -1.33. The summed E-state index contributed by atoms with van der Waals surface area (Å²) in [5, 5.41) is 4.38. The number of pyridine rings is 1. The molecule has 1 N–H and O–H groups in total. The van der Waals surface area contributed by atoms with E-state index in [-0.39, 0.29) is 5.56 Å². The summed E-state index contributed by atoms with van der Waals surface area (Å²) in [5.41, 5.74) is 1.54. The largest absolute Gasteiger partial charge is 0.308 e. The van der Waals surface area contributed by atoms with E-state index in [1.54, 1.807) is 16.7 Å². The molecule has 0 spiro atoms. The normalized spacial score (nSPS) is 22.5. The summed E-state index contributed by atoms with van der Waals surface area (Å²) in [6.07, 6.45) is 8.96. The minimum atomic E-state index is -0.0107. The van der Waals surface area contributed by atoms with Gasteiger partial charge in [0, 0.05) is 30.1 Å². The summed E-state index contributed by atoms with van der Waals surface area (Å²) in [7, 11) is 0. The number of nitrogens with zero attached hydrogens (tertiary/aromatic N) is 2. The molecule has 0 bridgehead atoms. The molecule has 1 aliphatic rings. The molecule has 4 nitrogen and oxygen atoms in total. The van der Waals surface area contributed by atoms with Crippen LogP contribution in [0, 0.1) is 0 Å². The molecule has 2 aromatic rings. The Morgan fingerprint density at radius 2 is 2.14 bits per heavy atom. The number of hydrogen-bond acceptors (Lipinski definition) is 4. The predicted molar refractivity (Wildman–Crippen MR) is 87.9 cm³/mol. The molecule has 0 amide bonds. The highest BCUT2D eigenvalue weighted by atomic mass is 32.2. The van der Waals surface area contributed by atoms with Crippen LogP contribution in [0.3, 0.4) is 0 Å². The van der Waals surface area contributed by atoms with Crippen LogP contribution in [0.1, 0.15) is 31.4 Å².